The van der Waals surface area contributed by atoms with Gasteiger partial charge in [-0.3, -0.25) is 4.84 Å². The standard InChI is InChI=1S/C15H16N2OS/c1-2-4-11(5-3-1)9-17-14-12(10-18-17)8-16-15-13(14)6-7-19-15/h1-7,12,14,16H,8-10H2/t12-,14+/m1/s1. The molecule has 0 unspecified atom stereocenters. The Bertz CT molecular complexity index is 569. The van der Waals surface area contributed by atoms with Crippen molar-refractivity contribution in [2.75, 3.05) is 18.5 Å². The predicted molar refractivity (Wildman–Crippen MR) is 77.0 cm³/mol. The number of anilines is 1. The summed E-state index contributed by atoms with van der Waals surface area (Å²) in [5.74, 6) is 0.561. The summed E-state index contributed by atoms with van der Waals surface area (Å²) in [5.41, 5.74) is 2.70. The van der Waals surface area contributed by atoms with Crippen LogP contribution in [0.15, 0.2) is 41.8 Å². The van der Waals surface area contributed by atoms with Crippen molar-refractivity contribution >= 4 is 16.3 Å². The Morgan fingerprint density at radius 3 is 3.05 bits per heavy atom. The fraction of sp³-hybridized carbons (Fsp3) is 0.333. The summed E-state index contributed by atoms with van der Waals surface area (Å²) >= 11 is 1.79. The van der Waals surface area contributed by atoms with Crippen molar-refractivity contribution in [2.45, 2.75) is 12.6 Å². The number of rotatable bonds is 2. The zero-order chi connectivity index (χ0) is 12.7. The van der Waals surface area contributed by atoms with Crippen LogP contribution >= 0.6 is 11.3 Å². The molecule has 19 heavy (non-hydrogen) atoms. The summed E-state index contributed by atoms with van der Waals surface area (Å²) in [6.45, 7) is 2.69. The lowest BCUT2D eigenvalue weighted by Crippen LogP contribution is -2.31. The Hall–Kier alpha value is -1.36. The van der Waals surface area contributed by atoms with Crippen molar-refractivity contribution in [1.29, 1.82) is 0 Å². The van der Waals surface area contributed by atoms with E-state index < -0.39 is 0 Å². The van der Waals surface area contributed by atoms with Crippen LogP contribution in [0.1, 0.15) is 17.2 Å². The first-order valence-electron chi connectivity index (χ1n) is 6.66. The van der Waals surface area contributed by atoms with Gasteiger partial charge in [0.25, 0.3) is 0 Å². The molecule has 2 atom stereocenters. The van der Waals surface area contributed by atoms with Crippen LogP contribution in [0.5, 0.6) is 0 Å². The van der Waals surface area contributed by atoms with Crippen molar-refractivity contribution < 1.29 is 4.84 Å². The van der Waals surface area contributed by atoms with Crippen molar-refractivity contribution in [1.82, 2.24) is 5.06 Å². The summed E-state index contributed by atoms with van der Waals surface area (Å²) in [6, 6.07) is 13.2. The van der Waals surface area contributed by atoms with Gasteiger partial charge in [0.05, 0.1) is 17.6 Å². The molecule has 1 aromatic heterocycles. The second-order valence-corrected chi connectivity index (χ2v) is 6.06. The maximum atomic E-state index is 5.93. The topological polar surface area (TPSA) is 24.5 Å². The molecule has 2 aliphatic rings. The molecule has 1 N–H and O–H groups in total. The van der Waals surface area contributed by atoms with Crippen molar-refractivity contribution in [3.05, 3.63) is 52.9 Å². The summed E-state index contributed by atoms with van der Waals surface area (Å²) in [7, 11) is 0. The lowest BCUT2D eigenvalue weighted by molar-refractivity contribution is -0.140. The lowest BCUT2D eigenvalue weighted by atomic mass is 9.92. The molecule has 0 bridgehead atoms. The van der Waals surface area contributed by atoms with E-state index in [2.05, 4.69) is 52.2 Å². The minimum absolute atomic E-state index is 0.405. The third-order valence-electron chi connectivity index (χ3n) is 3.93. The normalized spacial score (nSPS) is 25.7. The highest BCUT2D eigenvalue weighted by molar-refractivity contribution is 7.14. The smallest absolute Gasteiger partial charge is 0.0932 e. The molecule has 3 nitrogen and oxygen atoms in total. The molecule has 1 aromatic carbocycles. The average Bonchev–Trinajstić information content (AvgIpc) is 3.06. The first kappa shape index (κ1) is 11.5. The Balaban J connectivity index is 1.62. The van der Waals surface area contributed by atoms with E-state index in [1.807, 2.05) is 0 Å². The SMILES string of the molecule is c1ccc(CN2OC[C@H]3CNc4sccc4[C@H]32)cc1. The van der Waals surface area contributed by atoms with E-state index in [4.69, 9.17) is 4.84 Å². The number of thiophene rings is 1. The molecule has 0 aliphatic carbocycles. The molecule has 0 amide bonds. The second-order valence-electron chi connectivity index (χ2n) is 5.15. The molecule has 1 saturated heterocycles. The monoisotopic (exact) mass is 272 g/mol. The Morgan fingerprint density at radius 1 is 1.26 bits per heavy atom. The molecule has 0 spiro atoms. The van der Waals surface area contributed by atoms with Gasteiger partial charge in [-0.25, -0.2) is 0 Å². The van der Waals surface area contributed by atoms with E-state index in [0.29, 0.717) is 12.0 Å². The van der Waals surface area contributed by atoms with Crippen LogP contribution in [-0.2, 0) is 11.4 Å². The van der Waals surface area contributed by atoms with Crippen LogP contribution in [0.3, 0.4) is 0 Å². The molecule has 3 heterocycles. The fourth-order valence-corrected chi connectivity index (χ4v) is 3.85. The Labute approximate surface area is 116 Å². The van der Waals surface area contributed by atoms with Crippen LogP contribution in [0, 0.1) is 5.92 Å². The Morgan fingerprint density at radius 2 is 2.16 bits per heavy atom. The van der Waals surface area contributed by atoms with Crippen LogP contribution in [0.25, 0.3) is 0 Å². The van der Waals surface area contributed by atoms with E-state index >= 15 is 0 Å². The lowest BCUT2D eigenvalue weighted by Gasteiger charge is -2.30. The van der Waals surface area contributed by atoms with Crippen molar-refractivity contribution in [2.24, 2.45) is 5.92 Å². The zero-order valence-corrected chi connectivity index (χ0v) is 11.4. The molecular formula is C15H16N2OS. The molecule has 4 heteroatoms. The number of nitrogens with zero attached hydrogens (tertiary/aromatic N) is 1. The molecule has 2 aromatic rings. The van der Waals surface area contributed by atoms with Gasteiger partial charge < -0.3 is 5.32 Å². The predicted octanol–water partition coefficient (Wildman–Crippen LogP) is 3.28. The first-order valence-corrected chi connectivity index (χ1v) is 7.54. The van der Waals surface area contributed by atoms with Crippen LogP contribution in [0.2, 0.25) is 0 Å². The maximum Gasteiger partial charge on any atom is 0.0932 e. The van der Waals surface area contributed by atoms with Crippen molar-refractivity contribution in [3.63, 3.8) is 0 Å². The summed E-state index contributed by atoms with van der Waals surface area (Å²) in [6.07, 6.45) is 0. The highest BCUT2D eigenvalue weighted by Crippen LogP contribution is 2.44. The number of fused-ring (bicyclic) bond motifs is 3. The molecule has 0 saturated carbocycles. The van der Waals surface area contributed by atoms with Gasteiger partial charge in [0.15, 0.2) is 0 Å². The molecular weight excluding hydrogens is 256 g/mol. The van der Waals surface area contributed by atoms with Gasteiger partial charge in [0.1, 0.15) is 0 Å². The van der Waals surface area contributed by atoms with Crippen LogP contribution in [-0.4, -0.2) is 18.2 Å². The average molecular weight is 272 g/mol. The molecule has 1 fully saturated rings. The van der Waals surface area contributed by atoms with Gasteiger partial charge in [-0.1, -0.05) is 30.3 Å². The zero-order valence-electron chi connectivity index (χ0n) is 10.6. The molecule has 2 aliphatic heterocycles. The first-order chi connectivity index (χ1) is 9.42. The quantitative estimate of drug-likeness (QED) is 0.908. The largest absolute Gasteiger partial charge is 0.376 e. The highest BCUT2D eigenvalue weighted by atomic mass is 32.1. The molecule has 0 radical (unpaired) electrons. The molecule has 98 valence electrons. The highest BCUT2D eigenvalue weighted by Gasteiger charge is 2.40. The van der Waals surface area contributed by atoms with Gasteiger partial charge in [-0.2, -0.15) is 5.06 Å². The maximum absolute atomic E-state index is 5.93. The summed E-state index contributed by atoms with van der Waals surface area (Å²) < 4.78 is 0. The number of hydroxylamine groups is 2. The van der Waals surface area contributed by atoms with E-state index in [0.717, 1.165) is 19.7 Å². The van der Waals surface area contributed by atoms with Gasteiger partial charge in [0.2, 0.25) is 0 Å². The number of hydrogen-bond donors (Lipinski definition) is 1. The third kappa shape index (κ3) is 1.96. The molecule has 4 rings (SSSR count). The fourth-order valence-electron chi connectivity index (χ4n) is 3.00. The third-order valence-corrected chi connectivity index (χ3v) is 4.82. The van der Waals surface area contributed by atoms with Crippen LogP contribution in [0.4, 0.5) is 5.00 Å². The summed E-state index contributed by atoms with van der Waals surface area (Å²) in [5, 5.41) is 9.15. The Kier molecular flexibility index (Phi) is 2.80. The van der Waals surface area contributed by atoms with Gasteiger partial charge >= 0.3 is 0 Å². The van der Waals surface area contributed by atoms with E-state index in [9.17, 15) is 0 Å². The van der Waals surface area contributed by atoms with Crippen molar-refractivity contribution in [3.8, 4) is 0 Å². The summed E-state index contributed by atoms with van der Waals surface area (Å²) in [4.78, 5) is 5.93. The van der Waals surface area contributed by atoms with Gasteiger partial charge in [-0.05, 0) is 17.0 Å². The number of hydrogen-bond acceptors (Lipinski definition) is 4. The second kappa shape index (κ2) is 4.63. The van der Waals surface area contributed by atoms with E-state index in [1.165, 1.54) is 16.1 Å². The van der Waals surface area contributed by atoms with Gasteiger partial charge in [0, 0.05) is 24.6 Å². The minimum atomic E-state index is 0.405. The minimum Gasteiger partial charge on any atom is -0.376 e. The van der Waals surface area contributed by atoms with E-state index in [-0.39, 0.29) is 0 Å². The number of nitrogens with one attached hydrogen (secondary N) is 1. The number of benzene rings is 1. The van der Waals surface area contributed by atoms with Crippen LogP contribution < -0.4 is 5.32 Å². The van der Waals surface area contributed by atoms with E-state index in [1.54, 1.807) is 11.3 Å². The van der Waals surface area contributed by atoms with Gasteiger partial charge in [-0.15, -0.1) is 11.3 Å².